The molecule has 1 aliphatic rings. The van der Waals surface area contributed by atoms with Crippen molar-refractivity contribution in [2.24, 2.45) is 0 Å². The second-order valence-corrected chi connectivity index (χ2v) is 4.31. The molecule has 2 rings (SSSR count). The van der Waals surface area contributed by atoms with Crippen molar-refractivity contribution in [2.75, 3.05) is 19.7 Å². The van der Waals surface area contributed by atoms with Crippen LogP contribution in [0.3, 0.4) is 0 Å². The van der Waals surface area contributed by atoms with Crippen LogP contribution in [-0.2, 0) is 4.74 Å². The maximum Gasteiger partial charge on any atom is 0.172 e. The van der Waals surface area contributed by atoms with Gasteiger partial charge in [0.25, 0.3) is 0 Å². The highest BCUT2D eigenvalue weighted by Gasteiger charge is 2.25. The number of nitrogens with one attached hydrogen (secondary N) is 1. The van der Waals surface area contributed by atoms with E-state index < -0.39 is 17.7 Å². The summed E-state index contributed by atoms with van der Waals surface area (Å²) in [5, 5.41) is 21.8. The Kier molecular flexibility index (Phi) is 3.32. The molecule has 6 heteroatoms. The topological polar surface area (TPSA) is 61.7 Å². The maximum absolute atomic E-state index is 13.7. The fourth-order valence-electron chi connectivity index (χ4n) is 1.66. The lowest BCUT2D eigenvalue weighted by Gasteiger charge is -2.25. The summed E-state index contributed by atoms with van der Waals surface area (Å²) in [4.78, 5) is 0. The number of ether oxygens (including phenoxy) is 1. The first-order chi connectivity index (χ1) is 7.61. The average Bonchev–Trinajstić information content (AvgIpc) is 2.28. The maximum atomic E-state index is 13.7. The Morgan fingerprint density at radius 1 is 1.50 bits per heavy atom. The Balaban J connectivity index is 2.42. The van der Waals surface area contributed by atoms with Gasteiger partial charge in [-0.3, -0.25) is 0 Å². The number of morpholine rings is 1. The minimum atomic E-state index is -0.601. The second-order valence-electron chi connectivity index (χ2n) is 3.52. The molecule has 16 heavy (non-hydrogen) atoms. The van der Waals surface area contributed by atoms with Crippen molar-refractivity contribution < 1.29 is 19.3 Å². The molecule has 1 saturated heterocycles. The summed E-state index contributed by atoms with van der Waals surface area (Å²) in [7, 11) is 0. The van der Waals surface area contributed by atoms with E-state index in [0.29, 0.717) is 13.2 Å². The largest absolute Gasteiger partial charge is 0.504 e. The number of phenols is 2. The Morgan fingerprint density at radius 2 is 2.25 bits per heavy atom. The van der Waals surface area contributed by atoms with Crippen molar-refractivity contribution in [1.29, 1.82) is 0 Å². The summed E-state index contributed by atoms with van der Waals surface area (Å²) in [6, 6.07) is 0.882. The molecular weight excluding hydrogens is 281 g/mol. The van der Waals surface area contributed by atoms with Crippen molar-refractivity contribution in [3.63, 3.8) is 0 Å². The van der Waals surface area contributed by atoms with Gasteiger partial charge in [0.1, 0.15) is 5.82 Å². The molecule has 1 aliphatic heterocycles. The third-order valence-electron chi connectivity index (χ3n) is 2.46. The molecule has 1 unspecified atom stereocenters. The van der Waals surface area contributed by atoms with Crippen LogP contribution in [0.25, 0.3) is 0 Å². The van der Waals surface area contributed by atoms with Gasteiger partial charge < -0.3 is 20.3 Å². The molecule has 0 aromatic heterocycles. The fraction of sp³-hybridized carbons (Fsp3) is 0.400. The Labute approximate surface area is 100 Å². The van der Waals surface area contributed by atoms with Gasteiger partial charge in [-0.15, -0.1) is 0 Å². The van der Waals surface area contributed by atoms with Gasteiger partial charge in [0, 0.05) is 24.7 Å². The van der Waals surface area contributed by atoms with E-state index in [1.807, 2.05) is 0 Å². The molecule has 0 amide bonds. The van der Waals surface area contributed by atoms with Gasteiger partial charge in [-0.2, -0.15) is 0 Å². The van der Waals surface area contributed by atoms with E-state index in [-0.39, 0.29) is 15.8 Å². The Morgan fingerprint density at radius 3 is 2.88 bits per heavy atom. The molecule has 1 fully saturated rings. The fourth-order valence-corrected chi connectivity index (χ4v) is 2.30. The van der Waals surface area contributed by atoms with Crippen molar-refractivity contribution in [3.05, 3.63) is 21.9 Å². The van der Waals surface area contributed by atoms with Crippen molar-refractivity contribution in [2.45, 2.75) is 6.10 Å². The number of rotatable bonds is 1. The van der Waals surface area contributed by atoms with Gasteiger partial charge in [-0.05, 0) is 15.9 Å². The van der Waals surface area contributed by atoms with Gasteiger partial charge in [0.2, 0.25) is 0 Å². The van der Waals surface area contributed by atoms with E-state index in [4.69, 9.17) is 4.74 Å². The summed E-state index contributed by atoms with van der Waals surface area (Å²) in [5.41, 5.74) is 0.225. The van der Waals surface area contributed by atoms with Crippen LogP contribution in [0.1, 0.15) is 11.7 Å². The predicted molar refractivity (Wildman–Crippen MR) is 59.0 cm³/mol. The van der Waals surface area contributed by atoms with Gasteiger partial charge in [-0.25, -0.2) is 4.39 Å². The number of aromatic hydroxyl groups is 2. The molecule has 88 valence electrons. The summed E-state index contributed by atoms with van der Waals surface area (Å²) in [5.74, 6) is -1.46. The molecule has 0 bridgehead atoms. The smallest absolute Gasteiger partial charge is 0.172 e. The van der Waals surface area contributed by atoms with Crippen LogP contribution in [-0.4, -0.2) is 29.9 Å². The first-order valence-corrected chi connectivity index (χ1v) is 5.62. The lowest BCUT2D eigenvalue weighted by Crippen LogP contribution is -2.34. The number of halogens is 2. The van der Waals surface area contributed by atoms with Crippen molar-refractivity contribution in [1.82, 2.24) is 5.32 Å². The van der Waals surface area contributed by atoms with Crippen LogP contribution < -0.4 is 5.32 Å². The van der Waals surface area contributed by atoms with Crippen molar-refractivity contribution >= 4 is 15.9 Å². The van der Waals surface area contributed by atoms with E-state index >= 15 is 0 Å². The zero-order chi connectivity index (χ0) is 11.7. The quantitative estimate of drug-likeness (QED) is 0.689. The molecule has 1 aromatic carbocycles. The predicted octanol–water partition coefficient (Wildman–Crippen LogP) is 1.66. The van der Waals surface area contributed by atoms with Gasteiger partial charge in [0.05, 0.1) is 17.2 Å². The number of phenolic OH excluding ortho intramolecular Hbond substituents is 2. The van der Waals surface area contributed by atoms with Crippen LogP contribution in [0, 0.1) is 5.82 Å². The van der Waals surface area contributed by atoms with Gasteiger partial charge >= 0.3 is 0 Å². The van der Waals surface area contributed by atoms with E-state index in [0.717, 1.165) is 12.6 Å². The molecular formula is C10H11BrFNO3. The van der Waals surface area contributed by atoms with E-state index in [9.17, 15) is 14.6 Å². The van der Waals surface area contributed by atoms with Gasteiger partial charge in [-0.1, -0.05) is 0 Å². The molecule has 0 radical (unpaired) electrons. The minimum absolute atomic E-state index is 0.138. The summed E-state index contributed by atoms with van der Waals surface area (Å²) < 4.78 is 19.2. The molecule has 1 aromatic rings. The standard InChI is InChI=1S/C10H11BrFNO3/c11-9-8(7-4-13-1-2-16-7)5(12)3-6(14)10(9)15/h3,7,13-15H,1-2,4H2. The lowest BCUT2D eigenvalue weighted by atomic mass is 10.1. The van der Waals surface area contributed by atoms with Gasteiger partial charge in [0.15, 0.2) is 11.5 Å². The summed E-state index contributed by atoms with van der Waals surface area (Å²) in [6.07, 6.45) is -0.463. The van der Waals surface area contributed by atoms with E-state index in [1.54, 1.807) is 0 Å². The highest BCUT2D eigenvalue weighted by atomic mass is 79.9. The summed E-state index contributed by atoms with van der Waals surface area (Å²) in [6.45, 7) is 1.68. The molecule has 0 aliphatic carbocycles. The SMILES string of the molecule is Oc1cc(F)c(C2CNCCO2)c(Br)c1O. The normalized spacial score (nSPS) is 21.0. The third-order valence-corrected chi connectivity index (χ3v) is 3.26. The molecule has 1 heterocycles. The molecule has 3 N–H and O–H groups in total. The zero-order valence-corrected chi connectivity index (χ0v) is 9.92. The Hall–Kier alpha value is -0.850. The molecule has 0 spiro atoms. The highest BCUT2D eigenvalue weighted by molar-refractivity contribution is 9.10. The minimum Gasteiger partial charge on any atom is -0.504 e. The first kappa shape index (κ1) is 11.6. The third kappa shape index (κ3) is 2.00. The second kappa shape index (κ2) is 4.57. The van der Waals surface area contributed by atoms with Crippen molar-refractivity contribution in [3.8, 4) is 11.5 Å². The molecule has 0 saturated carbocycles. The van der Waals surface area contributed by atoms with Crippen LogP contribution in [0.2, 0.25) is 0 Å². The van der Waals surface area contributed by atoms with Crippen LogP contribution in [0.4, 0.5) is 4.39 Å². The van der Waals surface area contributed by atoms with Crippen LogP contribution in [0.15, 0.2) is 10.5 Å². The number of hydrogen-bond donors (Lipinski definition) is 3. The number of hydrogen-bond acceptors (Lipinski definition) is 4. The van der Waals surface area contributed by atoms with Crippen LogP contribution in [0.5, 0.6) is 11.5 Å². The molecule has 4 nitrogen and oxygen atoms in total. The lowest BCUT2D eigenvalue weighted by molar-refractivity contribution is 0.0248. The number of benzene rings is 1. The van der Waals surface area contributed by atoms with E-state index in [2.05, 4.69) is 21.2 Å². The highest BCUT2D eigenvalue weighted by Crippen LogP contribution is 2.41. The summed E-state index contributed by atoms with van der Waals surface area (Å²) >= 11 is 3.06. The van der Waals surface area contributed by atoms with E-state index in [1.165, 1.54) is 0 Å². The first-order valence-electron chi connectivity index (χ1n) is 4.83. The van der Waals surface area contributed by atoms with Crippen LogP contribution >= 0.6 is 15.9 Å². The monoisotopic (exact) mass is 291 g/mol. The Bertz CT molecular complexity index is 408. The molecule has 1 atom stereocenters. The average molecular weight is 292 g/mol. The zero-order valence-electron chi connectivity index (χ0n) is 8.33.